The molecule has 1 unspecified atom stereocenters. The van der Waals surface area contributed by atoms with Crippen LogP contribution in [0.3, 0.4) is 0 Å². The maximum Gasteiger partial charge on any atom is 0.220 e. The van der Waals surface area contributed by atoms with Crippen molar-refractivity contribution in [3.05, 3.63) is 53.9 Å². The molecule has 2 rings (SSSR count). The molecule has 0 aliphatic rings. The molecule has 1 heterocycles. The number of amides is 1. The summed E-state index contributed by atoms with van der Waals surface area (Å²) >= 11 is 0. The first-order chi connectivity index (χ1) is 9.65. The van der Waals surface area contributed by atoms with Crippen LogP contribution in [-0.4, -0.2) is 15.7 Å². The second-order valence-electron chi connectivity index (χ2n) is 4.85. The minimum absolute atomic E-state index is 0.0141. The van der Waals surface area contributed by atoms with E-state index in [1.807, 2.05) is 43.6 Å². The van der Waals surface area contributed by atoms with Crippen LogP contribution in [0.2, 0.25) is 0 Å². The largest absolute Gasteiger partial charge is 0.352 e. The predicted molar refractivity (Wildman–Crippen MR) is 77.7 cm³/mol. The molecule has 0 fully saturated rings. The molecule has 0 bridgehead atoms. The third-order valence-electron chi connectivity index (χ3n) is 3.16. The average Bonchev–Trinajstić information content (AvgIpc) is 2.89. The van der Waals surface area contributed by atoms with Gasteiger partial charge < -0.3 is 11.1 Å². The van der Waals surface area contributed by atoms with Crippen molar-refractivity contribution < 1.29 is 4.79 Å². The van der Waals surface area contributed by atoms with Crippen LogP contribution in [0.5, 0.6) is 0 Å². The molecule has 0 radical (unpaired) electrons. The van der Waals surface area contributed by atoms with Crippen LogP contribution in [0.15, 0.2) is 42.7 Å². The van der Waals surface area contributed by atoms with E-state index in [9.17, 15) is 4.79 Å². The van der Waals surface area contributed by atoms with Crippen LogP contribution in [0.1, 0.15) is 30.0 Å². The van der Waals surface area contributed by atoms with Gasteiger partial charge in [0, 0.05) is 37.8 Å². The highest BCUT2D eigenvalue weighted by Crippen LogP contribution is 2.14. The van der Waals surface area contributed by atoms with Gasteiger partial charge in [-0.25, -0.2) is 0 Å². The van der Waals surface area contributed by atoms with Crippen molar-refractivity contribution in [3.63, 3.8) is 0 Å². The fraction of sp³-hybridized carbons (Fsp3) is 0.333. The van der Waals surface area contributed by atoms with Crippen LogP contribution in [0.25, 0.3) is 0 Å². The number of aryl methyl sites for hydroxylation is 1. The van der Waals surface area contributed by atoms with Crippen LogP contribution >= 0.6 is 0 Å². The number of aromatic nitrogens is 2. The van der Waals surface area contributed by atoms with Gasteiger partial charge in [-0.3, -0.25) is 9.48 Å². The van der Waals surface area contributed by atoms with Gasteiger partial charge in [0.15, 0.2) is 0 Å². The Balaban J connectivity index is 1.72. The number of hydrogen-bond acceptors (Lipinski definition) is 3. The van der Waals surface area contributed by atoms with Crippen LogP contribution in [0.4, 0.5) is 0 Å². The summed E-state index contributed by atoms with van der Waals surface area (Å²) < 4.78 is 1.72. The smallest absolute Gasteiger partial charge is 0.220 e. The van der Waals surface area contributed by atoms with Gasteiger partial charge in [-0.2, -0.15) is 5.10 Å². The summed E-state index contributed by atoms with van der Waals surface area (Å²) in [5.41, 5.74) is 8.12. The van der Waals surface area contributed by atoms with Gasteiger partial charge in [0.2, 0.25) is 5.91 Å². The van der Waals surface area contributed by atoms with E-state index < -0.39 is 0 Å². The molecule has 3 N–H and O–H groups in total. The highest BCUT2D eigenvalue weighted by Gasteiger charge is 2.09. The molecule has 5 heteroatoms. The molecule has 2 aromatic rings. The zero-order valence-electron chi connectivity index (χ0n) is 11.6. The maximum atomic E-state index is 11.8. The SMILES string of the molecule is Cn1cc(CNC(=O)CCC(N)c2ccccc2)cn1. The van der Waals surface area contributed by atoms with Crippen molar-refractivity contribution >= 4 is 5.91 Å². The lowest BCUT2D eigenvalue weighted by Crippen LogP contribution is -2.24. The van der Waals surface area contributed by atoms with Gasteiger partial charge in [0.25, 0.3) is 0 Å². The molecule has 106 valence electrons. The van der Waals surface area contributed by atoms with Gasteiger partial charge in [-0.15, -0.1) is 0 Å². The lowest BCUT2D eigenvalue weighted by molar-refractivity contribution is -0.121. The fourth-order valence-corrected chi connectivity index (χ4v) is 2.01. The number of rotatable bonds is 6. The van der Waals surface area contributed by atoms with Crippen LogP contribution in [-0.2, 0) is 18.4 Å². The van der Waals surface area contributed by atoms with E-state index in [0.29, 0.717) is 19.4 Å². The van der Waals surface area contributed by atoms with E-state index in [2.05, 4.69) is 10.4 Å². The molecule has 1 amide bonds. The van der Waals surface area contributed by atoms with Crippen molar-refractivity contribution in [1.29, 1.82) is 0 Å². The second-order valence-corrected chi connectivity index (χ2v) is 4.85. The minimum Gasteiger partial charge on any atom is -0.352 e. The molecule has 0 spiro atoms. The van der Waals surface area contributed by atoms with E-state index >= 15 is 0 Å². The summed E-state index contributed by atoms with van der Waals surface area (Å²) in [6, 6.07) is 9.74. The Bertz CT molecular complexity index is 550. The molecular formula is C15H20N4O. The molecule has 1 aromatic carbocycles. The van der Waals surface area contributed by atoms with Gasteiger partial charge in [0.05, 0.1) is 6.20 Å². The highest BCUT2D eigenvalue weighted by atomic mass is 16.1. The van der Waals surface area contributed by atoms with Crippen molar-refractivity contribution in [2.75, 3.05) is 0 Å². The van der Waals surface area contributed by atoms with Crippen molar-refractivity contribution in [3.8, 4) is 0 Å². The summed E-state index contributed by atoms with van der Waals surface area (Å²) in [4.78, 5) is 11.8. The van der Waals surface area contributed by atoms with Crippen molar-refractivity contribution in [1.82, 2.24) is 15.1 Å². The molecular weight excluding hydrogens is 252 g/mol. The Morgan fingerprint density at radius 2 is 2.15 bits per heavy atom. The molecule has 5 nitrogen and oxygen atoms in total. The first-order valence-corrected chi connectivity index (χ1v) is 6.70. The summed E-state index contributed by atoms with van der Waals surface area (Å²) in [6.45, 7) is 0.507. The van der Waals surface area contributed by atoms with Gasteiger partial charge in [-0.1, -0.05) is 30.3 Å². The zero-order valence-corrected chi connectivity index (χ0v) is 11.6. The second kappa shape index (κ2) is 6.86. The molecule has 20 heavy (non-hydrogen) atoms. The molecule has 0 aliphatic heterocycles. The minimum atomic E-state index is -0.0969. The predicted octanol–water partition coefficient (Wildman–Crippen LogP) is 1.52. The van der Waals surface area contributed by atoms with E-state index in [1.165, 1.54) is 0 Å². The first-order valence-electron chi connectivity index (χ1n) is 6.70. The number of carbonyl (C=O) groups excluding carboxylic acids is 1. The third-order valence-corrected chi connectivity index (χ3v) is 3.16. The number of nitrogens with one attached hydrogen (secondary N) is 1. The van der Waals surface area contributed by atoms with E-state index in [0.717, 1.165) is 11.1 Å². The van der Waals surface area contributed by atoms with E-state index in [1.54, 1.807) is 10.9 Å². The van der Waals surface area contributed by atoms with Crippen LogP contribution in [0, 0.1) is 0 Å². The Morgan fingerprint density at radius 3 is 2.80 bits per heavy atom. The lowest BCUT2D eigenvalue weighted by Gasteiger charge is -2.11. The summed E-state index contributed by atoms with van der Waals surface area (Å²) in [5, 5.41) is 6.93. The van der Waals surface area contributed by atoms with Crippen molar-refractivity contribution in [2.24, 2.45) is 12.8 Å². The first kappa shape index (κ1) is 14.3. The quantitative estimate of drug-likeness (QED) is 0.837. The zero-order chi connectivity index (χ0) is 14.4. The standard InChI is InChI=1S/C15H20N4O/c1-19-11-12(10-18-19)9-17-15(20)8-7-14(16)13-5-3-2-4-6-13/h2-6,10-11,14H,7-9,16H2,1H3,(H,17,20). The monoisotopic (exact) mass is 272 g/mol. The Morgan fingerprint density at radius 1 is 1.40 bits per heavy atom. The molecule has 0 aliphatic carbocycles. The maximum absolute atomic E-state index is 11.8. The Hall–Kier alpha value is -2.14. The summed E-state index contributed by atoms with van der Waals surface area (Å²) in [5.74, 6) is 0.0141. The van der Waals surface area contributed by atoms with Crippen LogP contribution < -0.4 is 11.1 Å². The van der Waals surface area contributed by atoms with Gasteiger partial charge >= 0.3 is 0 Å². The molecule has 1 atom stereocenters. The highest BCUT2D eigenvalue weighted by molar-refractivity contribution is 5.75. The molecule has 0 saturated heterocycles. The summed E-state index contributed by atoms with van der Waals surface area (Å²) in [7, 11) is 1.85. The van der Waals surface area contributed by atoms with Gasteiger partial charge in [0.1, 0.15) is 0 Å². The topological polar surface area (TPSA) is 72.9 Å². The number of nitrogens with zero attached hydrogens (tertiary/aromatic N) is 2. The number of nitrogens with two attached hydrogens (primary N) is 1. The van der Waals surface area contributed by atoms with E-state index in [4.69, 9.17) is 5.73 Å². The van der Waals surface area contributed by atoms with Crippen molar-refractivity contribution in [2.45, 2.75) is 25.4 Å². The number of benzene rings is 1. The van der Waals surface area contributed by atoms with E-state index in [-0.39, 0.29) is 11.9 Å². The normalized spacial score (nSPS) is 12.1. The fourth-order valence-electron chi connectivity index (χ4n) is 2.01. The molecule has 1 aromatic heterocycles. The number of carbonyl (C=O) groups is 1. The number of hydrogen-bond donors (Lipinski definition) is 2. The summed E-state index contributed by atoms with van der Waals surface area (Å²) in [6.07, 6.45) is 4.70. The Kier molecular flexibility index (Phi) is 4.90. The van der Waals surface area contributed by atoms with Gasteiger partial charge in [-0.05, 0) is 12.0 Å². The lowest BCUT2D eigenvalue weighted by atomic mass is 10.0. The Labute approximate surface area is 118 Å². The molecule has 0 saturated carbocycles. The average molecular weight is 272 g/mol. The third kappa shape index (κ3) is 4.20.